The fourth-order valence-electron chi connectivity index (χ4n) is 2.73. The van der Waals surface area contributed by atoms with Crippen molar-refractivity contribution in [3.8, 4) is 5.75 Å². The van der Waals surface area contributed by atoms with Gasteiger partial charge in [-0.05, 0) is 12.1 Å². The van der Waals surface area contributed by atoms with Gasteiger partial charge in [0.2, 0.25) is 5.91 Å². The van der Waals surface area contributed by atoms with Crippen LogP contribution < -0.4 is 5.32 Å². The van der Waals surface area contributed by atoms with E-state index in [1.807, 2.05) is 30.3 Å². The molecular formula is C19H18N2O4. The third-order valence-electron chi connectivity index (χ3n) is 3.79. The van der Waals surface area contributed by atoms with Crippen molar-refractivity contribution in [2.75, 3.05) is 13.2 Å². The van der Waals surface area contributed by atoms with Gasteiger partial charge in [0.15, 0.2) is 0 Å². The van der Waals surface area contributed by atoms with E-state index in [-0.39, 0.29) is 18.3 Å². The van der Waals surface area contributed by atoms with Gasteiger partial charge in [-0.15, -0.1) is 0 Å². The number of hydrogen-bond acceptors (Lipinski definition) is 4. The molecule has 2 amide bonds. The lowest BCUT2D eigenvalue weighted by molar-refractivity contribution is -0.117. The van der Waals surface area contributed by atoms with Crippen LogP contribution in [0.5, 0.6) is 5.75 Å². The molecule has 0 saturated carbocycles. The van der Waals surface area contributed by atoms with Gasteiger partial charge in [0, 0.05) is 18.1 Å². The average Bonchev–Trinajstić information content (AvgIpc) is 3.02. The fraction of sp³-hybridized carbons (Fsp3) is 0.158. The van der Waals surface area contributed by atoms with Crippen LogP contribution in [0.25, 0.3) is 11.4 Å². The van der Waals surface area contributed by atoms with Gasteiger partial charge in [0.05, 0.1) is 17.9 Å². The van der Waals surface area contributed by atoms with Crippen LogP contribution in [0.15, 0.2) is 54.6 Å². The average molecular weight is 338 g/mol. The molecule has 0 atom stereocenters. The number of cyclic esters (lactones) is 1. The summed E-state index contributed by atoms with van der Waals surface area (Å²) in [5.74, 6) is -0.268. The highest BCUT2D eigenvalue weighted by Crippen LogP contribution is 2.34. The van der Waals surface area contributed by atoms with E-state index in [1.165, 1.54) is 17.9 Å². The highest BCUT2D eigenvalue weighted by atomic mass is 16.6. The van der Waals surface area contributed by atoms with Crippen LogP contribution in [0.2, 0.25) is 0 Å². The summed E-state index contributed by atoms with van der Waals surface area (Å²) < 4.78 is 5.06. The zero-order valence-corrected chi connectivity index (χ0v) is 13.7. The summed E-state index contributed by atoms with van der Waals surface area (Å²) in [7, 11) is 0. The van der Waals surface area contributed by atoms with Gasteiger partial charge in [-0.1, -0.05) is 42.5 Å². The van der Waals surface area contributed by atoms with E-state index >= 15 is 0 Å². The van der Waals surface area contributed by atoms with Gasteiger partial charge in [0.1, 0.15) is 12.4 Å². The van der Waals surface area contributed by atoms with Crippen molar-refractivity contribution in [2.45, 2.75) is 6.92 Å². The molecule has 0 unspecified atom stereocenters. The van der Waals surface area contributed by atoms with Gasteiger partial charge in [-0.25, -0.2) is 4.79 Å². The maximum Gasteiger partial charge on any atom is 0.414 e. The number of carbonyl (C=O) groups excluding carboxylic acids is 2. The van der Waals surface area contributed by atoms with Crippen molar-refractivity contribution < 1.29 is 19.4 Å². The van der Waals surface area contributed by atoms with Crippen LogP contribution in [0.3, 0.4) is 0 Å². The Kier molecular flexibility index (Phi) is 4.70. The predicted molar refractivity (Wildman–Crippen MR) is 93.2 cm³/mol. The summed E-state index contributed by atoms with van der Waals surface area (Å²) in [4.78, 5) is 25.4. The van der Waals surface area contributed by atoms with E-state index in [0.29, 0.717) is 23.5 Å². The molecule has 25 heavy (non-hydrogen) atoms. The van der Waals surface area contributed by atoms with E-state index in [9.17, 15) is 14.7 Å². The van der Waals surface area contributed by atoms with E-state index in [2.05, 4.69) is 5.32 Å². The summed E-state index contributed by atoms with van der Waals surface area (Å²) in [6.45, 7) is 1.98. The number of carbonyl (C=O) groups is 2. The molecule has 2 aromatic rings. The highest BCUT2D eigenvalue weighted by molar-refractivity contribution is 6.01. The Bertz CT molecular complexity index is 830. The first kappa shape index (κ1) is 16.6. The van der Waals surface area contributed by atoms with Crippen LogP contribution >= 0.6 is 0 Å². The molecule has 1 aliphatic heterocycles. The van der Waals surface area contributed by atoms with Crippen molar-refractivity contribution in [3.63, 3.8) is 0 Å². The SMILES string of the molecule is CC(=O)N/C(=C(\c1ccccc1O)N1CCOC1=O)c1ccccc1. The third-order valence-corrected chi connectivity index (χ3v) is 3.79. The zero-order valence-electron chi connectivity index (χ0n) is 13.7. The lowest BCUT2D eigenvalue weighted by atomic mass is 10.0. The molecule has 0 bridgehead atoms. The van der Waals surface area contributed by atoms with E-state index in [1.54, 1.807) is 18.2 Å². The number of phenols is 1. The number of phenolic OH excluding ortho intramolecular Hbond substituents is 1. The minimum absolute atomic E-state index is 0.0102. The summed E-state index contributed by atoms with van der Waals surface area (Å²) in [5, 5.41) is 13.1. The Labute approximate surface area is 145 Å². The quantitative estimate of drug-likeness (QED) is 0.840. The van der Waals surface area contributed by atoms with Crippen molar-refractivity contribution in [1.82, 2.24) is 10.2 Å². The van der Waals surface area contributed by atoms with Gasteiger partial charge >= 0.3 is 6.09 Å². The maximum absolute atomic E-state index is 12.2. The lowest BCUT2D eigenvalue weighted by Gasteiger charge is -2.23. The fourth-order valence-corrected chi connectivity index (χ4v) is 2.73. The molecule has 1 aliphatic rings. The number of rotatable bonds is 4. The summed E-state index contributed by atoms with van der Waals surface area (Å²) in [6.07, 6.45) is -0.517. The Balaban J connectivity index is 2.28. The van der Waals surface area contributed by atoms with Crippen molar-refractivity contribution in [2.24, 2.45) is 0 Å². The lowest BCUT2D eigenvalue weighted by Crippen LogP contribution is -2.28. The number of nitrogens with zero attached hydrogens (tertiary/aromatic N) is 1. The van der Waals surface area contributed by atoms with Crippen LogP contribution in [-0.4, -0.2) is 35.2 Å². The topological polar surface area (TPSA) is 78.9 Å². The number of aromatic hydroxyl groups is 1. The van der Waals surface area contributed by atoms with Crippen molar-refractivity contribution >= 4 is 23.4 Å². The minimum atomic E-state index is -0.517. The monoisotopic (exact) mass is 338 g/mol. The molecule has 3 rings (SSSR count). The normalized spacial score (nSPS) is 14.8. The molecule has 1 heterocycles. The van der Waals surface area contributed by atoms with E-state index in [0.717, 1.165) is 5.56 Å². The molecule has 128 valence electrons. The van der Waals surface area contributed by atoms with Crippen molar-refractivity contribution in [3.05, 3.63) is 65.7 Å². The Morgan fingerprint density at radius 2 is 1.80 bits per heavy atom. The molecule has 0 aromatic heterocycles. The largest absolute Gasteiger partial charge is 0.507 e. The van der Waals surface area contributed by atoms with Crippen LogP contribution in [0, 0.1) is 0 Å². The second-order valence-corrected chi connectivity index (χ2v) is 5.55. The molecule has 6 nitrogen and oxygen atoms in total. The van der Waals surface area contributed by atoms with E-state index < -0.39 is 6.09 Å². The molecule has 6 heteroatoms. The van der Waals surface area contributed by atoms with Gasteiger partial charge in [-0.2, -0.15) is 0 Å². The molecule has 0 radical (unpaired) electrons. The molecule has 2 aromatic carbocycles. The molecule has 0 aliphatic carbocycles. The number of hydrogen-bond donors (Lipinski definition) is 2. The molecular weight excluding hydrogens is 320 g/mol. The first-order chi connectivity index (χ1) is 12.1. The smallest absolute Gasteiger partial charge is 0.414 e. The molecule has 2 N–H and O–H groups in total. The molecule has 1 fully saturated rings. The van der Waals surface area contributed by atoms with Gasteiger partial charge in [-0.3, -0.25) is 9.69 Å². The highest BCUT2D eigenvalue weighted by Gasteiger charge is 2.31. The van der Waals surface area contributed by atoms with Crippen molar-refractivity contribution in [1.29, 1.82) is 0 Å². The third kappa shape index (κ3) is 3.47. The number of benzene rings is 2. The van der Waals surface area contributed by atoms with Gasteiger partial charge < -0.3 is 15.2 Å². The summed E-state index contributed by atoms with van der Waals surface area (Å²) >= 11 is 0. The predicted octanol–water partition coefficient (Wildman–Crippen LogP) is 2.81. The van der Waals surface area contributed by atoms with Gasteiger partial charge in [0.25, 0.3) is 0 Å². The zero-order chi connectivity index (χ0) is 17.8. The second-order valence-electron chi connectivity index (χ2n) is 5.55. The second kappa shape index (κ2) is 7.09. The Morgan fingerprint density at radius 3 is 2.40 bits per heavy atom. The number of amides is 2. The Hall–Kier alpha value is -3.28. The maximum atomic E-state index is 12.2. The Morgan fingerprint density at radius 1 is 1.12 bits per heavy atom. The van der Waals surface area contributed by atoms with Crippen LogP contribution in [-0.2, 0) is 9.53 Å². The van der Waals surface area contributed by atoms with Crippen LogP contribution in [0.1, 0.15) is 18.1 Å². The minimum Gasteiger partial charge on any atom is -0.507 e. The summed E-state index contributed by atoms with van der Waals surface area (Å²) in [6, 6.07) is 15.9. The number of ether oxygens (including phenoxy) is 1. The standard InChI is InChI=1S/C19H18N2O4/c1-13(22)20-17(14-7-3-2-4-8-14)18(21-11-12-25-19(21)24)15-9-5-6-10-16(15)23/h2-10,23H,11-12H2,1H3,(H,20,22)/b18-17+. The number of para-hydroxylation sites is 1. The molecule has 1 saturated heterocycles. The first-order valence-corrected chi connectivity index (χ1v) is 7.88. The molecule has 0 spiro atoms. The first-order valence-electron chi connectivity index (χ1n) is 7.88. The van der Waals surface area contributed by atoms with E-state index in [4.69, 9.17) is 4.74 Å². The number of nitrogens with one attached hydrogen (secondary N) is 1. The summed E-state index contributed by atoms with van der Waals surface area (Å²) in [5.41, 5.74) is 2.00. The van der Waals surface area contributed by atoms with Crippen LogP contribution in [0.4, 0.5) is 4.79 Å².